The number of carbonyl (C=O) groups excluding carboxylic acids is 1. The molecule has 1 heterocycles. The molecular formula is C10H16O2. The van der Waals surface area contributed by atoms with Crippen molar-refractivity contribution in [3.8, 4) is 0 Å². The first kappa shape index (κ1) is 8.09. The van der Waals surface area contributed by atoms with Gasteiger partial charge in [-0.3, -0.25) is 4.79 Å². The first-order valence-corrected chi connectivity index (χ1v) is 4.87. The quantitative estimate of drug-likeness (QED) is 0.516. The van der Waals surface area contributed by atoms with Crippen LogP contribution in [0.4, 0.5) is 0 Å². The third kappa shape index (κ3) is 1.05. The van der Waals surface area contributed by atoms with Gasteiger partial charge in [0.25, 0.3) is 0 Å². The Hall–Kier alpha value is -0.530. The van der Waals surface area contributed by atoms with Gasteiger partial charge in [0.05, 0.1) is 12.5 Å². The van der Waals surface area contributed by atoms with Crippen LogP contribution in [0.25, 0.3) is 0 Å². The second-order valence-corrected chi connectivity index (χ2v) is 4.30. The van der Waals surface area contributed by atoms with Gasteiger partial charge in [-0.05, 0) is 24.2 Å². The van der Waals surface area contributed by atoms with Crippen LogP contribution in [0.5, 0.6) is 0 Å². The van der Waals surface area contributed by atoms with Crippen molar-refractivity contribution in [2.45, 2.75) is 26.7 Å². The Morgan fingerprint density at radius 3 is 2.75 bits per heavy atom. The number of ether oxygens (including phenoxy) is 1. The molecule has 2 fully saturated rings. The molecule has 0 spiro atoms. The van der Waals surface area contributed by atoms with Gasteiger partial charge in [0, 0.05) is 0 Å². The summed E-state index contributed by atoms with van der Waals surface area (Å²) in [7, 11) is 0. The summed E-state index contributed by atoms with van der Waals surface area (Å²) in [6.07, 6.45) is 2.50. The van der Waals surface area contributed by atoms with Crippen molar-refractivity contribution >= 4 is 5.97 Å². The average molecular weight is 168 g/mol. The molecule has 0 N–H and O–H groups in total. The van der Waals surface area contributed by atoms with Crippen molar-refractivity contribution in [3.63, 3.8) is 0 Å². The molecule has 68 valence electrons. The monoisotopic (exact) mass is 168 g/mol. The fraction of sp³-hybridized carbons (Fsp3) is 0.900. The Morgan fingerprint density at radius 1 is 1.25 bits per heavy atom. The Bertz CT molecular complexity index is 200. The third-order valence-corrected chi connectivity index (χ3v) is 3.67. The molecule has 1 saturated carbocycles. The van der Waals surface area contributed by atoms with Crippen molar-refractivity contribution in [1.29, 1.82) is 0 Å². The van der Waals surface area contributed by atoms with Crippen LogP contribution in [-0.4, -0.2) is 12.6 Å². The number of fused-ring (bicyclic) bond motifs is 1. The van der Waals surface area contributed by atoms with Crippen molar-refractivity contribution in [3.05, 3.63) is 0 Å². The van der Waals surface area contributed by atoms with E-state index in [-0.39, 0.29) is 11.9 Å². The Labute approximate surface area is 73.3 Å². The molecule has 0 bridgehead atoms. The van der Waals surface area contributed by atoms with Crippen molar-refractivity contribution in [1.82, 2.24) is 0 Å². The van der Waals surface area contributed by atoms with Crippen LogP contribution in [0.1, 0.15) is 26.7 Å². The molecule has 0 amide bonds. The van der Waals surface area contributed by atoms with Crippen molar-refractivity contribution < 1.29 is 9.53 Å². The minimum Gasteiger partial charge on any atom is -0.465 e. The van der Waals surface area contributed by atoms with Crippen LogP contribution in [0.15, 0.2) is 0 Å². The predicted octanol–water partition coefficient (Wildman–Crippen LogP) is 1.84. The zero-order valence-corrected chi connectivity index (χ0v) is 7.75. The zero-order valence-electron chi connectivity index (χ0n) is 7.75. The molecule has 0 aromatic carbocycles. The largest absolute Gasteiger partial charge is 0.465 e. The molecule has 0 aromatic rings. The van der Waals surface area contributed by atoms with E-state index in [4.69, 9.17) is 4.74 Å². The van der Waals surface area contributed by atoms with E-state index in [1.165, 1.54) is 12.8 Å². The normalized spacial score (nSPS) is 47.0. The number of cyclic esters (lactones) is 1. The van der Waals surface area contributed by atoms with E-state index >= 15 is 0 Å². The Balaban J connectivity index is 2.14. The molecule has 2 heteroatoms. The number of carbonyl (C=O) groups is 1. The number of esters is 1. The summed E-state index contributed by atoms with van der Waals surface area (Å²) in [4.78, 5) is 11.2. The fourth-order valence-corrected chi connectivity index (χ4v) is 2.70. The topological polar surface area (TPSA) is 26.3 Å². The van der Waals surface area contributed by atoms with Crippen molar-refractivity contribution in [2.75, 3.05) is 6.61 Å². The molecule has 2 rings (SSSR count). The van der Waals surface area contributed by atoms with Gasteiger partial charge in [-0.1, -0.05) is 20.3 Å². The van der Waals surface area contributed by atoms with E-state index in [1.54, 1.807) is 0 Å². The van der Waals surface area contributed by atoms with Gasteiger partial charge in [0.1, 0.15) is 0 Å². The van der Waals surface area contributed by atoms with Gasteiger partial charge in [0.2, 0.25) is 0 Å². The van der Waals surface area contributed by atoms with Gasteiger partial charge >= 0.3 is 5.97 Å². The van der Waals surface area contributed by atoms with Crippen LogP contribution in [0, 0.1) is 23.7 Å². The van der Waals surface area contributed by atoms with E-state index in [2.05, 4.69) is 6.92 Å². The van der Waals surface area contributed by atoms with Crippen LogP contribution in [0.2, 0.25) is 0 Å². The number of hydrogen-bond donors (Lipinski definition) is 0. The van der Waals surface area contributed by atoms with Crippen LogP contribution >= 0.6 is 0 Å². The molecule has 1 aliphatic heterocycles. The summed E-state index contributed by atoms with van der Waals surface area (Å²) in [5.74, 6) is 2.18. The molecule has 1 saturated heterocycles. The molecule has 12 heavy (non-hydrogen) atoms. The number of hydrogen-bond acceptors (Lipinski definition) is 2. The highest BCUT2D eigenvalue weighted by atomic mass is 16.5. The summed E-state index contributed by atoms with van der Waals surface area (Å²) in [6.45, 7) is 4.96. The second kappa shape index (κ2) is 2.75. The molecule has 0 aromatic heterocycles. The Morgan fingerprint density at radius 2 is 2.00 bits per heavy atom. The van der Waals surface area contributed by atoms with Gasteiger partial charge in [-0.15, -0.1) is 0 Å². The summed E-state index contributed by atoms with van der Waals surface area (Å²) in [6, 6.07) is 0. The highest BCUT2D eigenvalue weighted by molar-refractivity contribution is 5.73. The van der Waals surface area contributed by atoms with Gasteiger partial charge in [-0.25, -0.2) is 0 Å². The molecule has 2 nitrogen and oxygen atoms in total. The molecule has 0 radical (unpaired) electrons. The van der Waals surface area contributed by atoms with E-state index in [0.29, 0.717) is 18.4 Å². The van der Waals surface area contributed by atoms with Gasteiger partial charge in [0.15, 0.2) is 0 Å². The van der Waals surface area contributed by atoms with E-state index in [0.717, 1.165) is 5.92 Å². The molecule has 4 atom stereocenters. The molecule has 1 aliphatic carbocycles. The summed E-state index contributed by atoms with van der Waals surface area (Å²) < 4.78 is 5.14. The maximum Gasteiger partial charge on any atom is 0.308 e. The fourth-order valence-electron chi connectivity index (χ4n) is 2.70. The maximum atomic E-state index is 11.2. The lowest BCUT2D eigenvalue weighted by atomic mass is 9.81. The molecular weight excluding hydrogens is 152 g/mol. The lowest BCUT2D eigenvalue weighted by molar-refractivity contribution is -0.159. The SMILES string of the molecule is C[C@@H]1CC[C@@H]2[C@@H]1COC(=O)[C@@H]2C. The summed E-state index contributed by atoms with van der Waals surface area (Å²) in [5, 5.41) is 0. The minimum absolute atomic E-state index is 0.0188. The average Bonchev–Trinajstić information content (AvgIpc) is 2.41. The van der Waals surface area contributed by atoms with E-state index < -0.39 is 0 Å². The third-order valence-electron chi connectivity index (χ3n) is 3.67. The van der Waals surface area contributed by atoms with E-state index in [9.17, 15) is 4.79 Å². The smallest absolute Gasteiger partial charge is 0.308 e. The van der Waals surface area contributed by atoms with Crippen LogP contribution < -0.4 is 0 Å². The lowest BCUT2D eigenvalue weighted by Gasteiger charge is -2.31. The second-order valence-electron chi connectivity index (χ2n) is 4.30. The van der Waals surface area contributed by atoms with Gasteiger partial charge in [-0.2, -0.15) is 0 Å². The zero-order chi connectivity index (χ0) is 8.72. The lowest BCUT2D eigenvalue weighted by Crippen LogP contribution is -2.36. The first-order valence-electron chi connectivity index (χ1n) is 4.87. The van der Waals surface area contributed by atoms with E-state index in [1.807, 2.05) is 6.92 Å². The number of rotatable bonds is 0. The molecule has 0 unspecified atom stereocenters. The highest BCUT2D eigenvalue weighted by Crippen LogP contribution is 2.43. The predicted molar refractivity (Wildman–Crippen MR) is 45.5 cm³/mol. The Kier molecular flexibility index (Phi) is 1.85. The minimum atomic E-state index is 0.0188. The van der Waals surface area contributed by atoms with Crippen LogP contribution in [-0.2, 0) is 9.53 Å². The van der Waals surface area contributed by atoms with Gasteiger partial charge < -0.3 is 4.74 Å². The summed E-state index contributed by atoms with van der Waals surface area (Å²) >= 11 is 0. The maximum absolute atomic E-state index is 11.2. The molecule has 2 aliphatic rings. The first-order chi connectivity index (χ1) is 5.70. The highest BCUT2D eigenvalue weighted by Gasteiger charge is 2.43. The van der Waals surface area contributed by atoms with Crippen LogP contribution in [0.3, 0.4) is 0 Å². The van der Waals surface area contributed by atoms with Crippen molar-refractivity contribution in [2.24, 2.45) is 23.7 Å². The summed E-state index contributed by atoms with van der Waals surface area (Å²) in [5.41, 5.74) is 0. The standard InChI is InChI=1S/C10H16O2/c1-6-3-4-8-7(2)10(11)12-5-9(6)8/h6-9H,3-5H2,1-2H3/t6-,7-,8+,9-/m1/s1.